The maximum absolute atomic E-state index is 10.9. The average molecular weight is 244 g/mol. The maximum atomic E-state index is 10.9. The van der Waals surface area contributed by atoms with Crippen LogP contribution in [0.25, 0.3) is 0 Å². The molecule has 0 aromatic heterocycles. The Labute approximate surface area is 96.1 Å². The molecule has 0 amide bonds. The lowest BCUT2D eigenvalue weighted by molar-refractivity contribution is 0.317. The fourth-order valence-corrected chi connectivity index (χ4v) is 1.83. The molecule has 0 fully saturated rings. The van der Waals surface area contributed by atoms with Crippen molar-refractivity contribution in [2.45, 2.75) is 6.42 Å². The number of sulfone groups is 1. The van der Waals surface area contributed by atoms with Crippen LogP contribution in [-0.2, 0) is 9.84 Å². The number of rotatable bonds is 6. The SMILES string of the molecule is COc1ccc(OCCCS(C)(=O)=O)cc1. The molecule has 0 bridgehead atoms. The highest BCUT2D eigenvalue weighted by atomic mass is 32.2. The molecule has 90 valence electrons. The Hall–Kier alpha value is -1.23. The quantitative estimate of drug-likeness (QED) is 0.712. The van der Waals surface area contributed by atoms with Crippen LogP contribution >= 0.6 is 0 Å². The minimum Gasteiger partial charge on any atom is -0.497 e. The topological polar surface area (TPSA) is 52.6 Å². The Morgan fingerprint density at radius 3 is 2.19 bits per heavy atom. The van der Waals surface area contributed by atoms with Gasteiger partial charge in [-0.15, -0.1) is 0 Å². The summed E-state index contributed by atoms with van der Waals surface area (Å²) < 4.78 is 32.1. The minimum atomic E-state index is -2.89. The number of benzene rings is 1. The van der Waals surface area contributed by atoms with Gasteiger partial charge in [-0.2, -0.15) is 0 Å². The van der Waals surface area contributed by atoms with Crippen LogP contribution in [0.5, 0.6) is 11.5 Å². The van der Waals surface area contributed by atoms with Crippen molar-refractivity contribution >= 4 is 9.84 Å². The van der Waals surface area contributed by atoms with E-state index in [0.717, 1.165) is 5.75 Å². The van der Waals surface area contributed by atoms with Crippen molar-refractivity contribution in [3.05, 3.63) is 24.3 Å². The Morgan fingerprint density at radius 1 is 1.12 bits per heavy atom. The Kier molecular flexibility index (Phi) is 4.61. The molecule has 0 N–H and O–H groups in total. The minimum absolute atomic E-state index is 0.156. The van der Waals surface area contributed by atoms with Gasteiger partial charge >= 0.3 is 0 Å². The van der Waals surface area contributed by atoms with Crippen molar-refractivity contribution in [2.24, 2.45) is 0 Å². The normalized spacial score (nSPS) is 11.1. The molecule has 0 aliphatic carbocycles. The molecule has 0 saturated heterocycles. The molecule has 0 unspecified atom stereocenters. The van der Waals surface area contributed by atoms with E-state index < -0.39 is 9.84 Å². The van der Waals surface area contributed by atoms with Crippen molar-refractivity contribution in [3.63, 3.8) is 0 Å². The summed E-state index contributed by atoms with van der Waals surface area (Å²) in [5, 5.41) is 0. The van der Waals surface area contributed by atoms with Gasteiger partial charge in [-0.3, -0.25) is 0 Å². The van der Waals surface area contributed by atoms with Gasteiger partial charge in [-0.25, -0.2) is 8.42 Å². The number of methoxy groups -OCH3 is 1. The molecule has 0 aliphatic heterocycles. The van der Waals surface area contributed by atoms with Gasteiger partial charge in [0.1, 0.15) is 21.3 Å². The summed E-state index contributed by atoms with van der Waals surface area (Å²) >= 11 is 0. The van der Waals surface area contributed by atoms with Gasteiger partial charge < -0.3 is 9.47 Å². The second-order valence-corrected chi connectivity index (χ2v) is 5.77. The van der Waals surface area contributed by atoms with E-state index in [2.05, 4.69) is 0 Å². The standard InChI is InChI=1S/C11H16O4S/c1-14-10-4-6-11(7-5-10)15-8-3-9-16(2,12)13/h4-7H,3,8-9H2,1-2H3. The van der Waals surface area contributed by atoms with Gasteiger partial charge in [-0.05, 0) is 30.7 Å². The molecule has 16 heavy (non-hydrogen) atoms. The van der Waals surface area contributed by atoms with Crippen LogP contribution in [0.15, 0.2) is 24.3 Å². The molecule has 0 atom stereocenters. The summed E-state index contributed by atoms with van der Waals surface area (Å²) in [6.07, 6.45) is 1.73. The van der Waals surface area contributed by atoms with Crippen LogP contribution < -0.4 is 9.47 Å². The van der Waals surface area contributed by atoms with Crippen LogP contribution in [-0.4, -0.2) is 34.1 Å². The van der Waals surface area contributed by atoms with Crippen molar-refractivity contribution in [1.29, 1.82) is 0 Å². The first-order chi connectivity index (χ1) is 7.51. The van der Waals surface area contributed by atoms with Gasteiger partial charge in [0, 0.05) is 6.26 Å². The zero-order valence-corrected chi connectivity index (χ0v) is 10.3. The highest BCUT2D eigenvalue weighted by Gasteiger charge is 2.01. The van der Waals surface area contributed by atoms with E-state index in [1.54, 1.807) is 31.4 Å². The lowest BCUT2D eigenvalue weighted by Crippen LogP contribution is -2.07. The van der Waals surface area contributed by atoms with Crippen molar-refractivity contribution < 1.29 is 17.9 Å². The van der Waals surface area contributed by atoms with E-state index >= 15 is 0 Å². The van der Waals surface area contributed by atoms with E-state index in [1.165, 1.54) is 6.26 Å². The molecular formula is C11H16O4S. The molecule has 0 aliphatic rings. The number of hydrogen-bond acceptors (Lipinski definition) is 4. The highest BCUT2D eigenvalue weighted by Crippen LogP contribution is 2.16. The van der Waals surface area contributed by atoms with Gasteiger partial charge in [0.15, 0.2) is 0 Å². The molecule has 0 saturated carbocycles. The van der Waals surface area contributed by atoms with E-state index in [4.69, 9.17) is 9.47 Å². The van der Waals surface area contributed by atoms with Gasteiger partial charge in [0.25, 0.3) is 0 Å². The predicted molar refractivity (Wildman–Crippen MR) is 62.8 cm³/mol. The molecular weight excluding hydrogens is 228 g/mol. The molecule has 1 rings (SSSR count). The predicted octanol–water partition coefficient (Wildman–Crippen LogP) is 1.51. The fourth-order valence-electron chi connectivity index (χ4n) is 1.18. The summed E-state index contributed by atoms with van der Waals surface area (Å²) in [5.74, 6) is 1.64. The van der Waals surface area contributed by atoms with Crippen LogP contribution in [0.4, 0.5) is 0 Å². The second kappa shape index (κ2) is 5.75. The first-order valence-corrected chi connectivity index (χ1v) is 7.02. The number of ether oxygens (including phenoxy) is 2. The van der Waals surface area contributed by atoms with Crippen LogP contribution in [0.2, 0.25) is 0 Å². The molecule has 1 aromatic rings. The van der Waals surface area contributed by atoms with Crippen molar-refractivity contribution in [2.75, 3.05) is 25.7 Å². The Balaban J connectivity index is 2.32. The molecule has 0 heterocycles. The molecule has 0 radical (unpaired) electrons. The zero-order chi connectivity index (χ0) is 12.0. The zero-order valence-electron chi connectivity index (χ0n) is 9.47. The third-order valence-corrected chi connectivity index (χ3v) is 3.02. The number of hydrogen-bond donors (Lipinski definition) is 0. The van der Waals surface area contributed by atoms with E-state index in [0.29, 0.717) is 18.8 Å². The van der Waals surface area contributed by atoms with Crippen LogP contribution in [0.1, 0.15) is 6.42 Å². The fraction of sp³-hybridized carbons (Fsp3) is 0.455. The highest BCUT2D eigenvalue weighted by molar-refractivity contribution is 7.90. The monoisotopic (exact) mass is 244 g/mol. The third-order valence-electron chi connectivity index (χ3n) is 1.99. The lowest BCUT2D eigenvalue weighted by Gasteiger charge is -2.06. The molecule has 4 nitrogen and oxygen atoms in total. The first kappa shape index (κ1) is 12.8. The summed E-state index contributed by atoms with van der Waals surface area (Å²) in [5.41, 5.74) is 0. The van der Waals surface area contributed by atoms with E-state index in [9.17, 15) is 8.42 Å². The third kappa shape index (κ3) is 5.02. The maximum Gasteiger partial charge on any atom is 0.147 e. The lowest BCUT2D eigenvalue weighted by atomic mass is 10.3. The van der Waals surface area contributed by atoms with Crippen molar-refractivity contribution in [3.8, 4) is 11.5 Å². The van der Waals surface area contributed by atoms with Crippen LogP contribution in [0.3, 0.4) is 0 Å². The Morgan fingerprint density at radius 2 is 1.69 bits per heavy atom. The summed E-state index contributed by atoms with van der Waals surface area (Å²) in [4.78, 5) is 0. The van der Waals surface area contributed by atoms with Gasteiger partial charge in [-0.1, -0.05) is 0 Å². The molecule has 0 spiro atoms. The smallest absolute Gasteiger partial charge is 0.147 e. The summed E-state index contributed by atoms with van der Waals surface area (Å²) in [6.45, 7) is 0.402. The molecule has 5 heteroatoms. The van der Waals surface area contributed by atoms with Gasteiger partial charge in [0.05, 0.1) is 19.5 Å². The largest absolute Gasteiger partial charge is 0.497 e. The van der Waals surface area contributed by atoms with E-state index in [1.807, 2.05) is 0 Å². The van der Waals surface area contributed by atoms with Gasteiger partial charge in [0.2, 0.25) is 0 Å². The van der Waals surface area contributed by atoms with Crippen molar-refractivity contribution in [1.82, 2.24) is 0 Å². The summed E-state index contributed by atoms with van der Waals surface area (Å²) in [7, 11) is -1.29. The first-order valence-electron chi connectivity index (χ1n) is 4.96. The summed E-state index contributed by atoms with van der Waals surface area (Å²) in [6, 6.07) is 7.18. The van der Waals surface area contributed by atoms with Crippen LogP contribution in [0, 0.1) is 0 Å². The van der Waals surface area contributed by atoms with E-state index in [-0.39, 0.29) is 5.75 Å². The average Bonchev–Trinajstić information content (AvgIpc) is 2.24. The Bertz CT molecular complexity index is 408. The second-order valence-electron chi connectivity index (χ2n) is 3.51. The molecule has 1 aromatic carbocycles.